The van der Waals surface area contributed by atoms with E-state index < -0.39 is 12.1 Å². The van der Waals surface area contributed by atoms with Gasteiger partial charge in [-0.1, -0.05) is 22.0 Å². The van der Waals surface area contributed by atoms with Crippen LogP contribution in [0.3, 0.4) is 0 Å². The number of benzene rings is 1. The molecule has 4 nitrogen and oxygen atoms in total. The first-order valence-electron chi connectivity index (χ1n) is 5.66. The van der Waals surface area contributed by atoms with E-state index in [0.717, 1.165) is 27.6 Å². The van der Waals surface area contributed by atoms with E-state index in [9.17, 15) is 9.90 Å². The number of carboxylic acid groups (broad SMARTS) is 1. The molecule has 0 radical (unpaired) electrons. The van der Waals surface area contributed by atoms with Crippen molar-refractivity contribution in [3.05, 3.63) is 33.9 Å². The number of carbonyl (C=O) groups is 1. The molecule has 0 aliphatic carbocycles. The van der Waals surface area contributed by atoms with Crippen LogP contribution in [-0.2, 0) is 11.3 Å². The number of aromatic nitrogens is 1. The van der Waals surface area contributed by atoms with E-state index in [4.69, 9.17) is 5.11 Å². The van der Waals surface area contributed by atoms with Crippen molar-refractivity contribution in [3.63, 3.8) is 0 Å². The smallest absolute Gasteiger partial charge is 0.337 e. The van der Waals surface area contributed by atoms with Gasteiger partial charge in [-0.2, -0.15) is 0 Å². The monoisotopic (exact) mass is 311 g/mol. The maximum absolute atomic E-state index is 11.0. The molecule has 0 saturated heterocycles. The van der Waals surface area contributed by atoms with Gasteiger partial charge in [0, 0.05) is 33.2 Å². The lowest BCUT2D eigenvalue weighted by molar-refractivity contribution is -0.146. The minimum atomic E-state index is -1.48. The molecule has 0 aliphatic heterocycles. The van der Waals surface area contributed by atoms with Crippen LogP contribution in [0.2, 0.25) is 0 Å². The highest BCUT2D eigenvalue weighted by molar-refractivity contribution is 9.10. The standard InChI is InChI=1S/C13H14BrNO3/c1-3-15-7(2)11(12(16)13(17)18)9-5-4-8(14)6-10(9)15/h4-6,12,16H,3H2,1-2H3,(H,17,18). The number of hydrogen-bond donors (Lipinski definition) is 2. The van der Waals surface area contributed by atoms with Crippen LogP contribution >= 0.6 is 15.9 Å². The van der Waals surface area contributed by atoms with E-state index in [2.05, 4.69) is 15.9 Å². The summed E-state index contributed by atoms with van der Waals surface area (Å²) in [5.74, 6) is -1.23. The molecule has 1 heterocycles. The van der Waals surface area contributed by atoms with Gasteiger partial charge in [0.15, 0.2) is 6.10 Å². The zero-order chi connectivity index (χ0) is 13.4. The summed E-state index contributed by atoms with van der Waals surface area (Å²) in [7, 11) is 0. The largest absolute Gasteiger partial charge is 0.479 e. The van der Waals surface area contributed by atoms with Gasteiger partial charge in [-0.15, -0.1) is 0 Å². The van der Waals surface area contributed by atoms with Gasteiger partial charge in [0.2, 0.25) is 0 Å². The molecule has 2 rings (SSSR count). The third-order valence-electron chi connectivity index (χ3n) is 3.16. The molecule has 1 aromatic carbocycles. The SMILES string of the molecule is CCn1c(C)c(C(O)C(=O)O)c2ccc(Br)cc21. The van der Waals surface area contributed by atoms with Crippen LogP contribution < -0.4 is 0 Å². The van der Waals surface area contributed by atoms with Gasteiger partial charge in [0.25, 0.3) is 0 Å². The number of carboxylic acids is 1. The molecule has 5 heteroatoms. The van der Waals surface area contributed by atoms with Gasteiger partial charge >= 0.3 is 5.97 Å². The lowest BCUT2D eigenvalue weighted by Gasteiger charge is -2.07. The van der Waals surface area contributed by atoms with Crippen molar-refractivity contribution >= 4 is 32.8 Å². The minimum absolute atomic E-state index is 0.479. The number of halogens is 1. The predicted molar refractivity (Wildman–Crippen MR) is 72.6 cm³/mol. The van der Waals surface area contributed by atoms with E-state index in [1.807, 2.05) is 36.6 Å². The molecule has 0 saturated carbocycles. The molecule has 0 bridgehead atoms. The predicted octanol–water partition coefficient (Wildman–Crippen LogP) is 2.85. The van der Waals surface area contributed by atoms with Crippen LogP contribution in [0.5, 0.6) is 0 Å². The van der Waals surface area contributed by atoms with Gasteiger partial charge in [-0.3, -0.25) is 0 Å². The normalized spacial score (nSPS) is 12.9. The van der Waals surface area contributed by atoms with Crippen LogP contribution in [0.25, 0.3) is 10.9 Å². The number of aliphatic carboxylic acids is 1. The average Bonchev–Trinajstić information content (AvgIpc) is 2.59. The number of aliphatic hydroxyl groups is 1. The highest BCUT2D eigenvalue weighted by Crippen LogP contribution is 2.32. The summed E-state index contributed by atoms with van der Waals surface area (Å²) in [4.78, 5) is 11.0. The lowest BCUT2D eigenvalue weighted by atomic mass is 10.1. The topological polar surface area (TPSA) is 62.5 Å². The molecule has 1 unspecified atom stereocenters. The number of rotatable bonds is 3. The van der Waals surface area contributed by atoms with Crippen LogP contribution in [0.4, 0.5) is 0 Å². The summed E-state index contributed by atoms with van der Waals surface area (Å²) in [5, 5.41) is 19.6. The fraction of sp³-hybridized carbons (Fsp3) is 0.308. The Labute approximate surface area is 113 Å². The molecule has 0 amide bonds. The molecule has 2 N–H and O–H groups in total. The third kappa shape index (κ3) is 1.93. The second-order valence-corrected chi connectivity index (χ2v) is 5.06. The number of aliphatic hydroxyl groups excluding tert-OH is 1. The average molecular weight is 312 g/mol. The summed E-state index contributed by atoms with van der Waals surface area (Å²) in [6.07, 6.45) is -1.48. The molecule has 96 valence electrons. The first-order chi connectivity index (χ1) is 8.47. The number of nitrogens with zero attached hydrogens (tertiary/aromatic N) is 1. The van der Waals surface area contributed by atoms with Gasteiger partial charge in [0.05, 0.1) is 0 Å². The molecule has 0 aliphatic rings. The zero-order valence-electron chi connectivity index (χ0n) is 10.1. The fourth-order valence-corrected chi connectivity index (χ4v) is 2.70. The van der Waals surface area contributed by atoms with E-state index in [1.165, 1.54) is 0 Å². The van der Waals surface area contributed by atoms with Gasteiger partial charge in [-0.05, 0) is 26.0 Å². The quantitative estimate of drug-likeness (QED) is 0.916. The molecule has 0 spiro atoms. The van der Waals surface area contributed by atoms with Crippen molar-refractivity contribution in [3.8, 4) is 0 Å². The van der Waals surface area contributed by atoms with Gasteiger partial charge in [-0.25, -0.2) is 4.79 Å². The Morgan fingerprint density at radius 2 is 2.17 bits per heavy atom. The van der Waals surface area contributed by atoms with E-state index in [0.29, 0.717) is 5.56 Å². The summed E-state index contributed by atoms with van der Waals surface area (Å²) in [6, 6.07) is 5.61. The molecular weight excluding hydrogens is 298 g/mol. The van der Waals surface area contributed by atoms with E-state index in [1.54, 1.807) is 0 Å². The molecule has 1 atom stereocenters. The van der Waals surface area contributed by atoms with E-state index >= 15 is 0 Å². The molecule has 1 aromatic heterocycles. The minimum Gasteiger partial charge on any atom is -0.479 e. The Kier molecular flexibility index (Phi) is 3.45. The molecule has 18 heavy (non-hydrogen) atoms. The van der Waals surface area contributed by atoms with Crippen molar-refractivity contribution < 1.29 is 15.0 Å². The second-order valence-electron chi connectivity index (χ2n) is 4.15. The Bertz CT molecular complexity index is 618. The summed E-state index contributed by atoms with van der Waals surface area (Å²) in [6.45, 7) is 4.55. The Morgan fingerprint density at radius 1 is 1.50 bits per heavy atom. The maximum Gasteiger partial charge on any atom is 0.337 e. The van der Waals surface area contributed by atoms with E-state index in [-0.39, 0.29) is 0 Å². The maximum atomic E-state index is 11.0. The van der Waals surface area contributed by atoms with Crippen LogP contribution in [0.15, 0.2) is 22.7 Å². The number of hydrogen-bond acceptors (Lipinski definition) is 2. The molecule has 0 fully saturated rings. The third-order valence-corrected chi connectivity index (χ3v) is 3.65. The summed E-state index contributed by atoms with van der Waals surface area (Å²) in [5.41, 5.74) is 2.20. The Balaban J connectivity index is 2.81. The zero-order valence-corrected chi connectivity index (χ0v) is 11.7. The van der Waals surface area contributed by atoms with Crippen molar-refractivity contribution in [2.75, 3.05) is 0 Å². The summed E-state index contributed by atoms with van der Waals surface area (Å²) >= 11 is 3.40. The first-order valence-corrected chi connectivity index (χ1v) is 6.45. The van der Waals surface area contributed by atoms with Crippen molar-refractivity contribution in [2.45, 2.75) is 26.5 Å². The second kappa shape index (κ2) is 4.74. The lowest BCUT2D eigenvalue weighted by Crippen LogP contribution is -2.11. The van der Waals surface area contributed by atoms with Crippen molar-refractivity contribution in [2.24, 2.45) is 0 Å². The van der Waals surface area contributed by atoms with Crippen molar-refractivity contribution in [1.29, 1.82) is 0 Å². The highest BCUT2D eigenvalue weighted by Gasteiger charge is 2.24. The Morgan fingerprint density at radius 3 is 2.72 bits per heavy atom. The van der Waals surface area contributed by atoms with Crippen molar-refractivity contribution in [1.82, 2.24) is 4.57 Å². The number of fused-ring (bicyclic) bond motifs is 1. The Hall–Kier alpha value is -1.33. The molecular formula is C13H14BrNO3. The highest BCUT2D eigenvalue weighted by atomic mass is 79.9. The van der Waals surface area contributed by atoms with Crippen LogP contribution in [0, 0.1) is 6.92 Å². The number of aryl methyl sites for hydroxylation is 1. The molecule has 2 aromatic rings. The van der Waals surface area contributed by atoms with Crippen LogP contribution in [0.1, 0.15) is 24.3 Å². The van der Waals surface area contributed by atoms with Crippen LogP contribution in [-0.4, -0.2) is 20.7 Å². The fourth-order valence-electron chi connectivity index (χ4n) is 2.35. The summed E-state index contributed by atoms with van der Waals surface area (Å²) < 4.78 is 2.93. The van der Waals surface area contributed by atoms with Gasteiger partial charge in [0.1, 0.15) is 0 Å². The first kappa shape index (κ1) is 13.1. The van der Waals surface area contributed by atoms with Gasteiger partial charge < -0.3 is 14.8 Å².